The Labute approximate surface area is 160 Å². The Balaban J connectivity index is 1.85. The van der Waals surface area contributed by atoms with E-state index in [4.69, 9.17) is 9.47 Å². The molecule has 2 rings (SSSR count). The van der Waals surface area contributed by atoms with Crippen molar-refractivity contribution < 1.29 is 14.3 Å². The molecule has 1 N–H and O–H groups in total. The maximum Gasteiger partial charge on any atom is 0.230 e. The zero-order chi connectivity index (χ0) is 18.9. The lowest BCUT2D eigenvalue weighted by atomic mass is 10.0. The number of ether oxygens (including phenoxy) is 2. The summed E-state index contributed by atoms with van der Waals surface area (Å²) in [6.45, 7) is 4.09. The molecule has 0 radical (unpaired) electrons. The number of rotatable bonds is 9. The molecule has 0 aliphatic heterocycles. The second-order valence-corrected chi connectivity index (χ2v) is 7.08. The Hall–Kier alpha value is -2.14. The largest absolute Gasteiger partial charge is 0.497 e. The van der Waals surface area contributed by atoms with Gasteiger partial charge in [0.15, 0.2) is 0 Å². The molecule has 0 saturated heterocycles. The molecule has 0 fully saturated rings. The van der Waals surface area contributed by atoms with Gasteiger partial charge in [0, 0.05) is 5.75 Å². The molecule has 0 aliphatic rings. The first-order chi connectivity index (χ1) is 12.6. The van der Waals surface area contributed by atoms with Crippen LogP contribution in [0.25, 0.3) is 0 Å². The van der Waals surface area contributed by atoms with Gasteiger partial charge < -0.3 is 14.8 Å². The summed E-state index contributed by atoms with van der Waals surface area (Å²) in [5, 5.41) is 3.13. The van der Waals surface area contributed by atoms with Crippen LogP contribution in [-0.4, -0.2) is 25.9 Å². The molecule has 4 nitrogen and oxygen atoms in total. The number of methoxy groups -OCH3 is 2. The van der Waals surface area contributed by atoms with Gasteiger partial charge in [-0.1, -0.05) is 31.2 Å². The zero-order valence-corrected chi connectivity index (χ0v) is 16.7. The van der Waals surface area contributed by atoms with Crippen molar-refractivity contribution >= 4 is 17.7 Å². The lowest BCUT2D eigenvalue weighted by molar-refractivity contribution is -0.119. The Morgan fingerprint density at radius 3 is 2.42 bits per heavy atom. The third-order valence-corrected chi connectivity index (χ3v) is 5.23. The first kappa shape index (κ1) is 20.2. The Morgan fingerprint density at radius 1 is 1.12 bits per heavy atom. The van der Waals surface area contributed by atoms with Crippen molar-refractivity contribution in [1.82, 2.24) is 5.32 Å². The van der Waals surface area contributed by atoms with E-state index in [1.807, 2.05) is 43.3 Å². The molecule has 2 aromatic rings. The van der Waals surface area contributed by atoms with Crippen LogP contribution >= 0.6 is 11.8 Å². The summed E-state index contributed by atoms with van der Waals surface area (Å²) in [7, 11) is 3.32. The van der Waals surface area contributed by atoms with E-state index in [1.165, 1.54) is 5.56 Å². The van der Waals surface area contributed by atoms with Crippen LogP contribution in [0, 0.1) is 6.92 Å². The molecule has 5 heteroatoms. The van der Waals surface area contributed by atoms with E-state index in [9.17, 15) is 4.79 Å². The summed E-state index contributed by atoms with van der Waals surface area (Å²) in [6, 6.07) is 14.0. The first-order valence-corrected chi connectivity index (χ1v) is 9.87. The highest BCUT2D eigenvalue weighted by Crippen LogP contribution is 2.24. The number of hydrogen-bond acceptors (Lipinski definition) is 4. The summed E-state index contributed by atoms with van der Waals surface area (Å²) >= 11 is 1.61. The quantitative estimate of drug-likeness (QED) is 0.702. The standard InChI is InChI=1S/C21H27NO3S/c1-5-19(17-8-11-20(25-4)15(2)12-17)22-21(23)14-26-13-16-6-9-18(24-3)10-7-16/h6-12,19H,5,13-14H2,1-4H3,(H,22,23). The van der Waals surface area contributed by atoms with E-state index < -0.39 is 0 Å². The molecule has 1 amide bonds. The van der Waals surface area contributed by atoms with E-state index >= 15 is 0 Å². The summed E-state index contributed by atoms with van der Waals surface area (Å²) in [6.07, 6.45) is 0.848. The predicted octanol–water partition coefficient (Wildman–Crippen LogP) is 4.51. The Bertz CT molecular complexity index is 716. The van der Waals surface area contributed by atoms with Crippen LogP contribution in [0.5, 0.6) is 11.5 Å². The number of carbonyl (C=O) groups is 1. The predicted molar refractivity (Wildman–Crippen MR) is 108 cm³/mol. The van der Waals surface area contributed by atoms with Crippen molar-refractivity contribution in [3.05, 3.63) is 59.2 Å². The number of carbonyl (C=O) groups excluding carboxylic acids is 1. The highest BCUT2D eigenvalue weighted by atomic mass is 32.2. The molecule has 0 saturated carbocycles. The number of hydrogen-bond donors (Lipinski definition) is 1. The second-order valence-electron chi connectivity index (χ2n) is 6.10. The minimum absolute atomic E-state index is 0.0219. The molecule has 1 unspecified atom stereocenters. The monoisotopic (exact) mass is 373 g/mol. The lowest BCUT2D eigenvalue weighted by Gasteiger charge is -2.19. The number of amides is 1. The van der Waals surface area contributed by atoms with Crippen LogP contribution in [0.1, 0.15) is 36.1 Å². The van der Waals surface area contributed by atoms with Crippen molar-refractivity contribution in [2.24, 2.45) is 0 Å². The van der Waals surface area contributed by atoms with Crippen molar-refractivity contribution in [2.45, 2.75) is 32.1 Å². The van der Waals surface area contributed by atoms with E-state index in [2.05, 4.69) is 18.3 Å². The van der Waals surface area contributed by atoms with Crippen LogP contribution in [-0.2, 0) is 10.5 Å². The van der Waals surface area contributed by atoms with Crippen molar-refractivity contribution in [3.8, 4) is 11.5 Å². The van der Waals surface area contributed by atoms with Gasteiger partial charge in [-0.3, -0.25) is 4.79 Å². The molecule has 0 aromatic heterocycles. The molecule has 0 bridgehead atoms. The highest BCUT2D eigenvalue weighted by molar-refractivity contribution is 7.99. The van der Waals surface area contributed by atoms with Gasteiger partial charge in [0.05, 0.1) is 26.0 Å². The Kier molecular flexibility index (Phi) is 7.85. The van der Waals surface area contributed by atoms with Crippen LogP contribution < -0.4 is 14.8 Å². The van der Waals surface area contributed by atoms with Gasteiger partial charge in [-0.05, 0) is 48.2 Å². The number of thioether (sulfide) groups is 1. The van der Waals surface area contributed by atoms with Crippen LogP contribution in [0.2, 0.25) is 0 Å². The average Bonchev–Trinajstić information content (AvgIpc) is 2.66. The minimum atomic E-state index is 0.0219. The van der Waals surface area contributed by atoms with E-state index in [1.54, 1.807) is 26.0 Å². The smallest absolute Gasteiger partial charge is 0.230 e. The summed E-state index contributed by atoms with van der Waals surface area (Å²) in [5.41, 5.74) is 3.37. The van der Waals surface area contributed by atoms with E-state index in [0.717, 1.165) is 34.8 Å². The summed E-state index contributed by atoms with van der Waals surface area (Å²) in [5.74, 6) is 3.01. The molecule has 0 heterocycles. The molecular formula is C21H27NO3S. The maximum atomic E-state index is 12.3. The third-order valence-electron chi connectivity index (χ3n) is 4.23. The van der Waals surface area contributed by atoms with Crippen LogP contribution in [0.4, 0.5) is 0 Å². The fourth-order valence-electron chi connectivity index (χ4n) is 2.76. The summed E-state index contributed by atoms with van der Waals surface area (Å²) in [4.78, 5) is 12.3. The fraction of sp³-hybridized carbons (Fsp3) is 0.381. The van der Waals surface area contributed by atoms with Gasteiger partial charge in [0.1, 0.15) is 11.5 Å². The number of benzene rings is 2. The van der Waals surface area contributed by atoms with Crippen LogP contribution in [0.3, 0.4) is 0 Å². The Morgan fingerprint density at radius 2 is 1.85 bits per heavy atom. The first-order valence-electron chi connectivity index (χ1n) is 8.72. The maximum absolute atomic E-state index is 12.3. The average molecular weight is 374 g/mol. The second kappa shape index (κ2) is 10.1. The molecule has 26 heavy (non-hydrogen) atoms. The van der Waals surface area contributed by atoms with Gasteiger partial charge in [0.25, 0.3) is 0 Å². The number of aryl methyl sites for hydroxylation is 1. The van der Waals surface area contributed by atoms with E-state index in [0.29, 0.717) is 5.75 Å². The normalized spacial score (nSPS) is 11.7. The summed E-state index contributed by atoms with van der Waals surface area (Å²) < 4.78 is 10.5. The highest BCUT2D eigenvalue weighted by Gasteiger charge is 2.14. The molecule has 0 aliphatic carbocycles. The molecule has 140 valence electrons. The van der Waals surface area contributed by atoms with Crippen molar-refractivity contribution in [1.29, 1.82) is 0 Å². The SMILES string of the molecule is CCC(NC(=O)CSCc1ccc(OC)cc1)c1ccc(OC)c(C)c1. The molecule has 1 atom stereocenters. The topological polar surface area (TPSA) is 47.6 Å². The van der Waals surface area contributed by atoms with Gasteiger partial charge in [-0.15, -0.1) is 11.8 Å². The minimum Gasteiger partial charge on any atom is -0.497 e. The molecular weight excluding hydrogens is 346 g/mol. The zero-order valence-electron chi connectivity index (χ0n) is 15.9. The van der Waals surface area contributed by atoms with Crippen molar-refractivity contribution in [2.75, 3.05) is 20.0 Å². The van der Waals surface area contributed by atoms with Gasteiger partial charge in [-0.2, -0.15) is 0 Å². The van der Waals surface area contributed by atoms with Gasteiger partial charge in [0.2, 0.25) is 5.91 Å². The van der Waals surface area contributed by atoms with Crippen molar-refractivity contribution in [3.63, 3.8) is 0 Å². The lowest BCUT2D eigenvalue weighted by Crippen LogP contribution is -2.29. The van der Waals surface area contributed by atoms with Gasteiger partial charge >= 0.3 is 0 Å². The molecule has 0 spiro atoms. The van der Waals surface area contributed by atoms with Crippen LogP contribution in [0.15, 0.2) is 42.5 Å². The number of nitrogens with one attached hydrogen (secondary N) is 1. The van der Waals surface area contributed by atoms with E-state index in [-0.39, 0.29) is 11.9 Å². The third kappa shape index (κ3) is 5.70. The fourth-order valence-corrected chi connectivity index (χ4v) is 3.56. The van der Waals surface area contributed by atoms with Gasteiger partial charge in [-0.25, -0.2) is 0 Å². The molecule has 2 aromatic carbocycles.